The lowest BCUT2D eigenvalue weighted by Gasteiger charge is -2.30. The molecule has 0 spiro atoms. The summed E-state index contributed by atoms with van der Waals surface area (Å²) in [6.45, 7) is 5.52. The molecule has 1 aliphatic carbocycles. The summed E-state index contributed by atoms with van der Waals surface area (Å²) >= 11 is 0. The van der Waals surface area contributed by atoms with Crippen LogP contribution < -0.4 is 21.3 Å². The highest BCUT2D eigenvalue weighted by molar-refractivity contribution is 5.99. The number of ether oxygens (including phenoxy) is 2. The predicted molar refractivity (Wildman–Crippen MR) is 145 cm³/mol. The Balaban J connectivity index is 1.39. The van der Waals surface area contributed by atoms with Crippen LogP contribution in [0.2, 0.25) is 0 Å². The molecule has 38 heavy (non-hydrogen) atoms. The Bertz CT molecular complexity index is 1480. The molecule has 4 N–H and O–H groups in total. The van der Waals surface area contributed by atoms with E-state index in [-0.39, 0.29) is 23.5 Å². The van der Waals surface area contributed by atoms with Crippen LogP contribution in [0.4, 0.5) is 10.6 Å². The van der Waals surface area contributed by atoms with Crippen molar-refractivity contribution in [2.75, 3.05) is 5.73 Å². The van der Waals surface area contributed by atoms with Crippen LogP contribution in [-0.2, 0) is 4.74 Å². The summed E-state index contributed by atoms with van der Waals surface area (Å²) in [5.74, 6) is 1.64. The quantitative estimate of drug-likeness (QED) is 0.333. The van der Waals surface area contributed by atoms with E-state index in [0.29, 0.717) is 22.3 Å². The zero-order valence-corrected chi connectivity index (χ0v) is 21.7. The second-order valence-electron chi connectivity index (χ2n) is 10.5. The number of hydrogen-bond acceptors (Lipinski definition) is 7. The summed E-state index contributed by atoms with van der Waals surface area (Å²) in [6.07, 6.45) is 2.54. The lowest BCUT2D eigenvalue weighted by atomic mass is 9.91. The normalized spacial score (nSPS) is 17.8. The number of nitrogens with one attached hydrogen (secondary N) is 2. The number of nitrogen functional groups attached to an aromatic ring is 1. The minimum absolute atomic E-state index is 0.00424. The van der Waals surface area contributed by atoms with Crippen molar-refractivity contribution in [2.24, 2.45) is 0 Å². The number of anilines is 1. The summed E-state index contributed by atoms with van der Waals surface area (Å²) in [6, 6.07) is 17.0. The molecule has 10 heteroatoms. The Morgan fingerprint density at radius 3 is 2.34 bits per heavy atom. The van der Waals surface area contributed by atoms with Gasteiger partial charge in [-0.2, -0.15) is 10.2 Å². The molecule has 10 nitrogen and oxygen atoms in total. The van der Waals surface area contributed by atoms with E-state index < -0.39 is 11.7 Å². The first-order valence-electron chi connectivity index (χ1n) is 12.8. The van der Waals surface area contributed by atoms with E-state index in [2.05, 4.69) is 15.5 Å². The van der Waals surface area contributed by atoms with Crippen molar-refractivity contribution in [1.29, 1.82) is 0 Å². The largest absolute Gasteiger partial charge is 0.457 e. The molecule has 1 saturated carbocycles. The second kappa shape index (κ2) is 10.2. The molecule has 5 rings (SSSR count). The molecule has 2 heterocycles. The highest BCUT2D eigenvalue weighted by Crippen LogP contribution is 2.36. The van der Waals surface area contributed by atoms with Crippen molar-refractivity contribution in [2.45, 2.75) is 64.1 Å². The van der Waals surface area contributed by atoms with Gasteiger partial charge in [-0.25, -0.2) is 9.89 Å². The molecule has 0 aliphatic heterocycles. The molecule has 1 amide bonds. The summed E-state index contributed by atoms with van der Waals surface area (Å²) in [5, 5.41) is 14.9. The van der Waals surface area contributed by atoms with Gasteiger partial charge >= 0.3 is 6.09 Å². The molecule has 198 valence electrons. The van der Waals surface area contributed by atoms with Crippen LogP contribution in [0.25, 0.3) is 22.2 Å². The minimum atomic E-state index is -0.549. The summed E-state index contributed by atoms with van der Waals surface area (Å²) in [5.41, 5.74) is 7.15. The van der Waals surface area contributed by atoms with Crippen LogP contribution in [0.15, 0.2) is 59.4 Å². The Morgan fingerprint density at radius 2 is 1.68 bits per heavy atom. The fourth-order valence-electron chi connectivity index (χ4n) is 4.83. The number of carbonyl (C=O) groups excluding carboxylic acids is 1. The van der Waals surface area contributed by atoms with E-state index in [0.717, 1.165) is 37.0 Å². The van der Waals surface area contributed by atoms with Crippen LogP contribution in [0.3, 0.4) is 0 Å². The first-order chi connectivity index (χ1) is 18.2. The summed E-state index contributed by atoms with van der Waals surface area (Å²) < 4.78 is 13.1. The van der Waals surface area contributed by atoms with Crippen molar-refractivity contribution in [3.8, 4) is 22.8 Å². The minimum Gasteiger partial charge on any atom is -0.457 e. The van der Waals surface area contributed by atoms with E-state index in [9.17, 15) is 9.59 Å². The van der Waals surface area contributed by atoms with Crippen molar-refractivity contribution in [3.63, 3.8) is 0 Å². The van der Waals surface area contributed by atoms with Gasteiger partial charge in [-0.15, -0.1) is 0 Å². The SMILES string of the molecule is CC(C)(C)OC(=O)N[C@H]1CC[C@@H](n2nc(-c3ccc(Oc4ccccc4)cc3)c3c(N)n[nH]c(=O)c32)CC1. The van der Waals surface area contributed by atoms with Crippen molar-refractivity contribution < 1.29 is 14.3 Å². The Hall–Kier alpha value is -4.34. The van der Waals surface area contributed by atoms with Gasteiger partial charge in [0.15, 0.2) is 5.82 Å². The number of alkyl carbamates (subject to hydrolysis) is 1. The number of aromatic nitrogens is 4. The molecule has 0 bridgehead atoms. The molecule has 0 atom stereocenters. The third-order valence-electron chi connectivity index (χ3n) is 6.53. The van der Waals surface area contributed by atoms with Gasteiger partial charge < -0.3 is 20.5 Å². The van der Waals surface area contributed by atoms with Crippen molar-refractivity contribution in [1.82, 2.24) is 25.3 Å². The van der Waals surface area contributed by atoms with Gasteiger partial charge in [-0.05, 0) is 82.9 Å². The number of fused-ring (bicyclic) bond motifs is 1. The molecule has 4 aromatic rings. The van der Waals surface area contributed by atoms with Crippen LogP contribution in [-0.4, -0.2) is 37.7 Å². The van der Waals surface area contributed by atoms with Crippen LogP contribution in [0.5, 0.6) is 11.5 Å². The highest BCUT2D eigenvalue weighted by Gasteiger charge is 2.29. The number of benzene rings is 2. The smallest absolute Gasteiger partial charge is 0.407 e. The molecular formula is C28H32N6O4. The first-order valence-corrected chi connectivity index (χ1v) is 12.8. The van der Waals surface area contributed by atoms with Crippen LogP contribution >= 0.6 is 0 Å². The molecule has 0 unspecified atom stereocenters. The lowest BCUT2D eigenvalue weighted by Crippen LogP contribution is -2.41. The maximum atomic E-state index is 12.9. The molecule has 0 saturated heterocycles. The molecular weight excluding hydrogens is 484 g/mol. The fourth-order valence-corrected chi connectivity index (χ4v) is 4.83. The van der Waals surface area contributed by atoms with E-state index in [1.165, 1.54) is 0 Å². The monoisotopic (exact) mass is 516 g/mol. The Labute approximate surface area is 220 Å². The average Bonchev–Trinajstić information content (AvgIpc) is 3.29. The zero-order chi connectivity index (χ0) is 26.9. The molecule has 2 aromatic carbocycles. The van der Waals surface area contributed by atoms with Gasteiger partial charge in [0, 0.05) is 11.6 Å². The number of carbonyl (C=O) groups is 1. The Morgan fingerprint density at radius 1 is 1.03 bits per heavy atom. The number of para-hydroxylation sites is 1. The number of hydrogen-bond donors (Lipinski definition) is 3. The van der Waals surface area contributed by atoms with Crippen molar-refractivity contribution >= 4 is 22.8 Å². The van der Waals surface area contributed by atoms with Gasteiger partial charge in [0.05, 0.1) is 11.4 Å². The third-order valence-corrected chi connectivity index (χ3v) is 6.53. The maximum absolute atomic E-state index is 12.9. The summed E-state index contributed by atoms with van der Waals surface area (Å²) in [7, 11) is 0. The van der Waals surface area contributed by atoms with Crippen molar-refractivity contribution in [3.05, 3.63) is 65.0 Å². The standard InChI is InChI=1S/C28H32N6O4/c1-28(2,3)38-27(36)30-18-11-13-19(14-12-18)34-24-22(25(29)31-32-26(24)35)23(33-34)17-9-15-21(16-10-17)37-20-7-5-4-6-8-20/h4-10,15-16,18-19H,11-14H2,1-3H3,(H2,29,31)(H,30,36)(H,32,35)/t18-,19+. The molecule has 1 fully saturated rings. The maximum Gasteiger partial charge on any atom is 0.407 e. The average molecular weight is 517 g/mol. The van der Waals surface area contributed by atoms with Crippen LogP contribution in [0, 0.1) is 0 Å². The van der Waals surface area contributed by atoms with E-state index in [1.807, 2.05) is 75.4 Å². The number of rotatable bonds is 5. The van der Waals surface area contributed by atoms with Gasteiger partial charge in [-0.1, -0.05) is 18.2 Å². The topological polar surface area (TPSA) is 137 Å². The van der Waals surface area contributed by atoms with E-state index >= 15 is 0 Å². The second-order valence-corrected chi connectivity index (χ2v) is 10.5. The number of nitrogens with two attached hydrogens (primary N) is 1. The molecule has 0 radical (unpaired) electrons. The summed E-state index contributed by atoms with van der Waals surface area (Å²) in [4.78, 5) is 25.1. The predicted octanol–water partition coefficient (Wildman–Crippen LogP) is 5.17. The van der Waals surface area contributed by atoms with Gasteiger partial charge in [-0.3, -0.25) is 9.48 Å². The Kier molecular flexibility index (Phi) is 6.79. The van der Waals surface area contributed by atoms with Gasteiger partial charge in [0.1, 0.15) is 28.3 Å². The lowest BCUT2D eigenvalue weighted by molar-refractivity contribution is 0.0487. The van der Waals surface area contributed by atoms with E-state index in [1.54, 1.807) is 4.68 Å². The molecule has 1 aliphatic rings. The van der Waals surface area contributed by atoms with Crippen LogP contribution in [0.1, 0.15) is 52.5 Å². The number of amides is 1. The highest BCUT2D eigenvalue weighted by atomic mass is 16.6. The third kappa shape index (κ3) is 5.49. The number of nitrogens with zero attached hydrogens (tertiary/aromatic N) is 3. The first kappa shape index (κ1) is 25.3. The van der Waals surface area contributed by atoms with Gasteiger partial charge in [0.2, 0.25) is 0 Å². The zero-order valence-electron chi connectivity index (χ0n) is 21.7. The van der Waals surface area contributed by atoms with Gasteiger partial charge in [0.25, 0.3) is 5.56 Å². The fraction of sp³-hybridized carbons (Fsp3) is 0.357. The molecule has 2 aromatic heterocycles. The number of aromatic amines is 1. The number of H-pyrrole nitrogens is 1. The van der Waals surface area contributed by atoms with E-state index in [4.69, 9.17) is 20.3 Å².